The molecular formula is C15H26N2O2S. The van der Waals surface area contributed by atoms with Gasteiger partial charge in [-0.15, -0.1) is 0 Å². The molecule has 1 atom stereocenters. The highest BCUT2D eigenvalue weighted by molar-refractivity contribution is 7.89. The minimum absolute atomic E-state index is 0.0297. The minimum Gasteiger partial charge on any atom is -0.385 e. The van der Waals surface area contributed by atoms with E-state index in [0.29, 0.717) is 4.90 Å². The van der Waals surface area contributed by atoms with Crippen molar-refractivity contribution in [1.29, 1.82) is 0 Å². The van der Waals surface area contributed by atoms with E-state index in [1.165, 1.54) is 0 Å². The molecule has 0 fully saturated rings. The summed E-state index contributed by atoms with van der Waals surface area (Å²) in [6.07, 6.45) is 1.82. The highest BCUT2D eigenvalue weighted by Crippen LogP contribution is 2.16. The summed E-state index contributed by atoms with van der Waals surface area (Å²) in [6.45, 7) is 9.01. The summed E-state index contributed by atoms with van der Waals surface area (Å²) in [5, 5.41) is 3.23. The van der Waals surface area contributed by atoms with Crippen molar-refractivity contribution < 1.29 is 8.42 Å². The van der Waals surface area contributed by atoms with E-state index in [1.54, 1.807) is 24.3 Å². The van der Waals surface area contributed by atoms with Gasteiger partial charge in [0, 0.05) is 18.3 Å². The maximum absolute atomic E-state index is 12.3. The molecule has 0 saturated carbocycles. The van der Waals surface area contributed by atoms with Gasteiger partial charge in [0.25, 0.3) is 0 Å². The van der Waals surface area contributed by atoms with Crippen molar-refractivity contribution in [2.75, 3.05) is 11.9 Å². The molecule has 4 nitrogen and oxygen atoms in total. The first-order valence-corrected chi connectivity index (χ1v) is 8.75. The van der Waals surface area contributed by atoms with Crippen molar-refractivity contribution in [1.82, 2.24) is 4.72 Å². The predicted octanol–water partition coefficient (Wildman–Crippen LogP) is 3.22. The van der Waals surface area contributed by atoms with Crippen LogP contribution in [0.5, 0.6) is 0 Å². The highest BCUT2D eigenvalue weighted by atomic mass is 32.2. The fourth-order valence-corrected chi connectivity index (χ4v) is 3.45. The van der Waals surface area contributed by atoms with Gasteiger partial charge in [-0.25, -0.2) is 13.1 Å². The van der Waals surface area contributed by atoms with Crippen molar-refractivity contribution in [2.45, 2.75) is 51.5 Å². The first kappa shape index (κ1) is 17.0. The average Bonchev–Trinajstić information content (AvgIpc) is 2.42. The molecule has 20 heavy (non-hydrogen) atoms. The van der Waals surface area contributed by atoms with Gasteiger partial charge in [0.1, 0.15) is 0 Å². The van der Waals surface area contributed by atoms with Crippen LogP contribution >= 0.6 is 0 Å². The van der Waals surface area contributed by atoms with E-state index in [9.17, 15) is 8.42 Å². The zero-order valence-corrected chi connectivity index (χ0v) is 13.6. The number of hydrogen-bond donors (Lipinski definition) is 2. The molecule has 0 aliphatic rings. The monoisotopic (exact) mass is 298 g/mol. The van der Waals surface area contributed by atoms with E-state index >= 15 is 0 Å². The molecule has 0 radical (unpaired) electrons. The average molecular weight is 298 g/mol. The second-order valence-electron chi connectivity index (χ2n) is 5.33. The molecular weight excluding hydrogens is 272 g/mol. The molecule has 0 aromatic heterocycles. The van der Waals surface area contributed by atoms with Gasteiger partial charge < -0.3 is 5.32 Å². The van der Waals surface area contributed by atoms with Crippen LogP contribution in [0.25, 0.3) is 0 Å². The molecule has 0 bridgehead atoms. The summed E-state index contributed by atoms with van der Waals surface area (Å²) in [5.41, 5.74) is 0.946. The molecule has 0 saturated heterocycles. The summed E-state index contributed by atoms with van der Waals surface area (Å²) >= 11 is 0. The van der Waals surface area contributed by atoms with Crippen LogP contribution in [-0.2, 0) is 10.0 Å². The summed E-state index contributed by atoms with van der Waals surface area (Å²) < 4.78 is 27.4. The molecule has 1 unspecified atom stereocenters. The van der Waals surface area contributed by atoms with E-state index < -0.39 is 10.0 Å². The molecule has 114 valence electrons. The third-order valence-electron chi connectivity index (χ3n) is 3.29. The van der Waals surface area contributed by atoms with Gasteiger partial charge in [-0.3, -0.25) is 0 Å². The summed E-state index contributed by atoms with van der Waals surface area (Å²) in [6, 6.07) is 6.87. The lowest BCUT2D eigenvalue weighted by Gasteiger charge is -2.20. The maximum atomic E-state index is 12.3. The van der Waals surface area contributed by atoms with Crippen LogP contribution in [0, 0.1) is 5.92 Å². The Hall–Kier alpha value is -1.07. The zero-order chi connectivity index (χ0) is 15.2. The number of anilines is 1. The zero-order valence-electron chi connectivity index (χ0n) is 12.8. The van der Waals surface area contributed by atoms with Crippen LogP contribution in [0.1, 0.15) is 40.5 Å². The second-order valence-corrected chi connectivity index (χ2v) is 7.05. The summed E-state index contributed by atoms with van der Waals surface area (Å²) in [5.74, 6) is 0.278. The van der Waals surface area contributed by atoms with Crippen LogP contribution in [0.2, 0.25) is 0 Å². The molecule has 5 heteroatoms. The van der Waals surface area contributed by atoms with E-state index in [1.807, 2.05) is 20.8 Å². The molecule has 0 heterocycles. The molecule has 0 amide bonds. The van der Waals surface area contributed by atoms with Crippen LogP contribution < -0.4 is 10.0 Å². The number of benzene rings is 1. The van der Waals surface area contributed by atoms with E-state index in [-0.39, 0.29) is 12.0 Å². The van der Waals surface area contributed by atoms with E-state index in [0.717, 1.165) is 25.1 Å². The molecule has 0 spiro atoms. The van der Waals surface area contributed by atoms with Crippen molar-refractivity contribution in [3.63, 3.8) is 0 Å². The largest absolute Gasteiger partial charge is 0.385 e. The number of rotatable bonds is 8. The fourth-order valence-electron chi connectivity index (χ4n) is 1.98. The van der Waals surface area contributed by atoms with Crippen LogP contribution in [0.3, 0.4) is 0 Å². The van der Waals surface area contributed by atoms with Crippen molar-refractivity contribution >= 4 is 15.7 Å². The minimum atomic E-state index is -3.43. The topological polar surface area (TPSA) is 58.2 Å². The smallest absolute Gasteiger partial charge is 0.240 e. The molecule has 0 aliphatic heterocycles. The number of nitrogens with one attached hydrogen (secondary N) is 2. The highest BCUT2D eigenvalue weighted by Gasteiger charge is 2.20. The van der Waals surface area contributed by atoms with Crippen molar-refractivity contribution in [3.05, 3.63) is 24.3 Å². The first-order chi connectivity index (χ1) is 9.40. The van der Waals surface area contributed by atoms with Crippen molar-refractivity contribution in [2.24, 2.45) is 5.92 Å². The molecule has 0 aliphatic carbocycles. The van der Waals surface area contributed by atoms with Crippen LogP contribution in [0.15, 0.2) is 29.2 Å². The Balaban J connectivity index is 2.82. The number of sulfonamides is 1. The third-order valence-corrected chi connectivity index (χ3v) is 4.80. The molecule has 1 aromatic rings. The Bertz CT molecular complexity index is 495. The third kappa shape index (κ3) is 4.80. The Morgan fingerprint density at radius 2 is 1.70 bits per heavy atom. The summed E-state index contributed by atoms with van der Waals surface area (Å²) in [4.78, 5) is 0.318. The number of hydrogen-bond acceptors (Lipinski definition) is 3. The lowest BCUT2D eigenvalue weighted by molar-refractivity contribution is 0.437. The Labute approximate surface area is 123 Å². The standard InChI is InChI=1S/C15H26N2O2S/c1-5-11-16-13-7-9-14(10-8-13)20(18,19)17-15(6-2)12(3)4/h7-10,12,15-17H,5-6,11H2,1-4H3. The lowest BCUT2D eigenvalue weighted by atomic mass is 10.0. The second kappa shape index (κ2) is 7.64. The van der Waals surface area contributed by atoms with Gasteiger partial charge in [-0.2, -0.15) is 0 Å². The van der Waals surface area contributed by atoms with E-state index in [2.05, 4.69) is 17.0 Å². The normalized spacial score (nSPS) is 13.4. The first-order valence-electron chi connectivity index (χ1n) is 7.27. The molecule has 1 rings (SSSR count). The fraction of sp³-hybridized carbons (Fsp3) is 0.600. The van der Waals surface area contributed by atoms with Gasteiger partial charge >= 0.3 is 0 Å². The van der Waals surface area contributed by atoms with Gasteiger partial charge in [-0.05, 0) is 43.0 Å². The Kier molecular flexibility index (Phi) is 6.49. The quantitative estimate of drug-likeness (QED) is 0.774. The maximum Gasteiger partial charge on any atom is 0.240 e. The van der Waals surface area contributed by atoms with Gasteiger partial charge in [0.15, 0.2) is 0 Å². The van der Waals surface area contributed by atoms with Crippen LogP contribution in [0.4, 0.5) is 5.69 Å². The Morgan fingerprint density at radius 1 is 1.10 bits per heavy atom. The van der Waals surface area contributed by atoms with Gasteiger partial charge in [0.2, 0.25) is 10.0 Å². The van der Waals surface area contributed by atoms with Gasteiger partial charge in [0.05, 0.1) is 4.90 Å². The van der Waals surface area contributed by atoms with E-state index in [4.69, 9.17) is 0 Å². The predicted molar refractivity (Wildman–Crippen MR) is 84.5 cm³/mol. The molecule has 1 aromatic carbocycles. The lowest BCUT2D eigenvalue weighted by Crippen LogP contribution is -2.37. The van der Waals surface area contributed by atoms with Crippen LogP contribution in [-0.4, -0.2) is 21.0 Å². The Morgan fingerprint density at radius 3 is 2.15 bits per heavy atom. The SMILES string of the molecule is CCCNc1ccc(S(=O)(=O)NC(CC)C(C)C)cc1. The summed E-state index contributed by atoms with van der Waals surface area (Å²) in [7, 11) is -3.43. The van der Waals surface area contributed by atoms with Gasteiger partial charge in [-0.1, -0.05) is 27.7 Å². The van der Waals surface area contributed by atoms with Crippen molar-refractivity contribution in [3.8, 4) is 0 Å². The molecule has 2 N–H and O–H groups in total.